The fraction of sp³-hybridized carbons (Fsp3) is 0.786. The van der Waals surface area contributed by atoms with Crippen molar-refractivity contribution >= 4 is 0 Å². The normalized spacial score (nSPS) is 19.1. The number of aliphatic hydroxyl groups is 1. The van der Waals surface area contributed by atoms with Crippen LogP contribution in [0.2, 0.25) is 0 Å². The average molecular weight is 252 g/mol. The molecule has 18 heavy (non-hydrogen) atoms. The van der Waals surface area contributed by atoms with E-state index in [9.17, 15) is 5.11 Å². The summed E-state index contributed by atoms with van der Waals surface area (Å²) in [6, 6.07) is 0. The molecule has 0 spiro atoms. The molecule has 1 saturated heterocycles. The van der Waals surface area contributed by atoms with Gasteiger partial charge in [0.1, 0.15) is 0 Å². The van der Waals surface area contributed by atoms with Gasteiger partial charge in [0.2, 0.25) is 0 Å². The van der Waals surface area contributed by atoms with Gasteiger partial charge in [0.15, 0.2) is 0 Å². The Balaban J connectivity index is 2.13. The second kappa shape index (κ2) is 5.85. The number of rotatable bonds is 4. The van der Waals surface area contributed by atoms with E-state index in [0.717, 1.165) is 56.0 Å². The molecule has 1 aliphatic rings. The second-order valence-electron chi connectivity index (χ2n) is 5.25. The van der Waals surface area contributed by atoms with Crippen LogP contribution in [0.4, 0.5) is 0 Å². The Labute approximate surface area is 109 Å². The molecule has 102 valence electrons. The van der Waals surface area contributed by atoms with Crippen LogP contribution in [0.5, 0.6) is 0 Å². The number of hydrogen-bond donors (Lipinski definition) is 1. The molecule has 2 rings (SSSR count). The highest BCUT2D eigenvalue weighted by molar-refractivity contribution is 5.26. The van der Waals surface area contributed by atoms with Crippen LogP contribution in [0, 0.1) is 19.8 Å². The maximum Gasteiger partial charge on any atom is 0.0823 e. The monoisotopic (exact) mass is 252 g/mol. The highest BCUT2D eigenvalue weighted by Crippen LogP contribution is 2.25. The van der Waals surface area contributed by atoms with Crippen molar-refractivity contribution in [3.8, 4) is 0 Å². The minimum Gasteiger partial charge on any atom is -0.388 e. The Kier molecular flexibility index (Phi) is 4.40. The van der Waals surface area contributed by atoms with Crippen LogP contribution in [0.25, 0.3) is 0 Å². The van der Waals surface area contributed by atoms with Gasteiger partial charge in [-0.25, -0.2) is 0 Å². The summed E-state index contributed by atoms with van der Waals surface area (Å²) < 4.78 is 7.45. The smallest absolute Gasteiger partial charge is 0.0823 e. The molecule has 1 aromatic rings. The third-order valence-electron chi connectivity index (χ3n) is 3.93. The van der Waals surface area contributed by atoms with Crippen molar-refractivity contribution in [3.05, 3.63) is 17.0 Å². The maximum atomic E-state index is 10.0. The summed E-state index contributed by atoms with van der Waals surface area (Å²) in [6.45, 7) is 8.74. The number of aromatic nitrogens is 2. The van der Waals surface area contributed by atoms with Crippen molar-refractivity contribution in [2.24, 2.45) is 5.92 Å². The van der Waals surface area contributed by atoms with E-state index < -0.39 is 0 Å². The van der Waals surface area contributed by atoms with Crippen LogP contribution in [-0.4, -0.2) is 28.1 Å². The molecule has 4 heteroatoms. The zero-order valence-electron chi connectivity index (χ0n) is 11.6. The van der Waals surface area contributed by atoms with Gasteiger partial charge in [-0.3, -0.25) is 4.68 Å². The SMILES string of the molecule is CCC(O)c1c(C)nn(CC2CCOCC2)c1C. The maximum absolute atomic E-state index is 10.0. The van der Waals surface area contributed by atoms with Gasteiger partial charge in [-0.15, -0.1) is 0 Å². The summed E-state index contributed by atoms with van der Waals surface area (Å²) in [4.78, 5) is 0. The third kappa shape index (κ3) is 2.75. The molecule has 1 N–H and O–H groups in total. The molecule has 0 radical (unpaired) electrons. The summed E-state index contributed by atoms with van der Waals surface area (Å²) in [6.07, 6.45) is 2.59. The Morgan fingerprint density at radius 3 is 2.67 bits per heavy atom. The first-order valence-corrected chi connectivity index (χ1v) is 6.93. The average Bonchev–Trinajstić information content (AvgIpc) is 2.65. The van der Waals surface area contributed by atoms with Crippen LogP contribution in [-0.2, 0) is 11.3 Å². The van der Waals surface area contributed by atoms with Gasteiger partial charge >= 0.3 is 0 Å². The highest BCUT2D eigenvalue weighted by Gasteiger charge is 2.20. The van der Waals surface area contributed by atoms with Crippen molar-refractivity contribution in [2.45, 2.75) is 52.7 Å². The Hall–Kier alpha value is -0.870. The van der Waals surface area contributed by atoms with Crippen LogP contribution >= 0.6 is 0 Å². The first-order chi connectivity index (χ1) is 8.63. The molecule has 0 bridgehead atoms. The number of aryl methyl sites for hydroxylation is 1. The quantitative estimate of drug-likeness (QED) is 0.895. The lowest BCUT2D eigenvalue weighted by Gasteiger charge is -2.22. The molecule has 0 aliphatic carbocycles. The molecule has 1 fully saturated rings. The number of hydrogen-bond acceptors (Lipinski definition) is 3. The molecule has 0 amide bonds. The van der Waals surface area contributed by atoms with Crippen LogP contribution in [0.15, 0.2) is 0 Å². The molecule has 1 atom stereocenters. The van der Waals surface area contributed by atoms with Crippen molar-refractivity contribution in [3.63, 3.8) is 0 Å². The van der Waals surface area contributed by atoms with E-state index in [0.29, 0.717) is 5.92 Å². The molecule has 1 aromatic heterocycles. The van der Waals surface area contributed by atoms with Gasteiger partial charge in [0, 0.05) is 31.0 Å². The first-order valence-electron chi connectivity index (χ1n) is 6.93. The van der Waals surface area contributed by atoms with E-state index in [1.807, 2.05) is 13.8 Å². The highest BCUT2D eigenvalue weighted by atomic mass is 16.5. The third-order valence-corrected chi connectivity index (χ3v) is 3.93. The molecule has 0 saturated carbocycles. The molecule has 2 heterocycles. The fourth-order valence-electron chi connectivity index (χ4n) is 2.75. The second-order valence-corrected chi connectivity index (χ2v) is 5.25. The molecular weight excluding hydrogens is 228 g/mol. The van der Waals surface area contributed by atoms with E-state index in [2.05, 4.69) is 16.7 Å². The van der Waals surface area contributed by atoms with E-state index in [1.165, 1.54) is 0 Å². The van der Waals surface area contributed by atoms with Crippen molar-refractivity contribution in [1.82, 2.24) is 9.78 Å². The van der Waals surface area contributed by atoms with Gasteiger partial charge in [0.05, 0.1) is 11.8 Å². The van der Waals surface area contributed by atoms with Gasteiger partial charge in [-0.2, -0.15) is 5.10 Å². The molecular formula is C14H24N2O2. The van der Waals surface area contributed by atoms with Gasteiger partial charge in [0.25, 0.3) is 0 Å². The minimum absolute atomic E-state index is 0.381. The standard InChI is InChI=1S/C14H24N2O2/c1-4-13(17)14-10(2)15-16(11(14)3)9-12-5-7-18-8-6-12/h12-13,17H,4-9H2,1-3H3. The number of ether oxygens (including phenoxy) is 1. The zero-order valence-corrected chi connectivity index (χ0v) is 11.6. The summed E-state index contributed by atoms with van der Waals surface area (Å²) in [5.41, 5.74) is 3.10. The molecule has 1 unspecified atom stereocenters. The van der Waals surface area contributed by atoms with E-state index in [4.69, 9.17) is 4.74 Å². The Morgan fingerprint density at radius 2 is 2.06 bits per heavy atom. The van der Waals surface area contributed by atoms with E-state index in [1.54, 1.807) is 0 Å². The predicted molar refractivity (Wildman–Crippen MR) is 70.5 cm³/mol. The molecule has 0 aromatic carbocycles. The summed E-state index contributed by atoms with van der Waals surface area (Å²) in [5.74, 6) is 0.656. The lowest BCUT2D eigenvalue weighted by atomic mass is 10.00. The van der Waals surface area contributed by atoms with Gasteiger partial charge < -0.3 is 9.84 Å². The van der Waals surface area contributed by atoms with Crippen LogP contribution < -0.4 is 0 Å². The Morgan fingerprint density at radius 1 is 1.39 bits per heavy atom. The lowest BCUT2D eigenvalue weighted by molar-refractivity contribution is 0.0599. The van der Waals surface area contributed by atoms with E-state index in [-0.39, 0.29) is 6.10 Å². The Bertz CT molecular complexity index is 395. The fourth-order valence-corrected chi connectivity index (χ4v) is 2.75. The van der Waals surface area contributed by atoms with Crippen molar-refractivity contribution in [2.75, 3.05) is 13.2 Å². The zero-order chi connectivity index (χ0) is 13.1. The number of nitrogens with zero attached hydrogens (tertiary/aromatic N) is 2. The largest absolute Gasteiger partial charge is 0.388 e. The summed E-state index contributed by atoms with van der Waals surface area (Å²) in [7, 11) is 0. The van der Waals surface area contributed by atoms with Crippen LogP contribution in [0.1, 0.15) is 49.2 Å². The van der Waals surface area contributed by atoms with Crippen LogP contribution in [0.3, 0.4) is 0 Å². The molecule has 1 aliphatic heterocycles. The molecule has 4 nitrogen and oxygen atoms in total. The van der Waals surface area contributed by atoms with Crippen molar-refractivity contribution in [1.29, 1.82) is 0 Å². The van der Waals surface area contributed by atoms with Gasteiger partial charge in [-0.05, 0) is 39.0 Å². The predicted octanol–water partition coefficient (Wildman–Crippen LogP) is 2.37. The van der Waals surface area contributed by atoms with Gasteiger partial charge in [-0.1, -0.05) is 6.92 Å². The van der Waals surface area contributed by atoms with Crippen molar-refractivity contribution < 1.29 is 9.84 Å². The lowest BCUT2D eigenvalue weighted by Crippen LogP contribution is -2.21. The van der Waals surface area contributed by atoms with E-state index >= 15 is 0 Å². The summed E-state index contributed by atoms with van der Waals surface area (Å²) >= 11 is 0. The number of aliphatic hydroxyl groups excluding tert-OH is 1. The first kappa shape index (κ1) is 13.6. The topological polar surface area (TPSA) is 47.3 Å². The minimum atomic E-state index is -0.381. The summed E-state index contributed by atoms with van der Waals surface area (Å²) in [5, 5.41) is 14.6.